The van der Waals surface area contributed by atoms with Gasteiger partial charge in [0.2, 0.25) is 0 Å². The molecule has 1 fully saturated rings. The molecule has 72 valence electrons. The van der Waals surface area contributed by atoms with Gasteiger partial charge in [0, 0.05) is 0 Å². The van der Waals surface area contributed by atoms with Crippen molar-refractivity contribution in [3.8, 4) is 0 Å². The number of hydrogen-bond donors (Lipinski definition) is 4. The second kappa shape index (κ2) is 4.02. The first-order valence-electron chi connectivity index (χ1n) is 3.56. The summed E-state index contributed by atoms with van der Waals surface area (Å²) in [6.07, 6.45) is -4.44. The maximum absolute atomic E-state index is 9.22. The van der Waals surface area contributed by atoms with Crippen LogP contribution < -0.4 is 0 Å². The predicted molar refractivity (Wildman–Crippen MR) is 40.9 cm³/mol. The molecule has 1 aliphatic rings. The molecule has 0 unspecified atom stereocenters. The standard InChI is InChI=1S/C6H12O5Se/c7-1-2-3(8)4(9)5(10)6(12)11-2/h2-10,12H,1H2/t2-,3-,4+,5+,6-/m1/s1. The molecule has 0 saturated carbocycles. The van der Waals surface area contributed by atoms with Crippen LogP contribution in [-0.2, 0) is 4.74 Å². The second-order valence-corrected chi connectivity index (χ2v) is 3.79. The van der Waals surface area contributed by atoms with E-state index < -0.39 is 29.4 Å². The zero-order valence-corrected chi connectivity index (χ0v) is 8.11. The molecule has 5 atom stereocenters. The van der Waals surface area contributed by atoms with E-state index in [4.69, 9.17) is 9.84 Å². The van der Waals surface area contributed by atoms with Crippen LogP contribution >= 0.6 is 0 Å². The van der Waals surface area contributed by atoms with Gasteiger partial charge in [0.05, 0.1) is 0 Å². The summed E-state index contributed by atoms with van der Waals surface area (Å²) in [5.74, 6) is 0. The quantitative estimate of drug-likeness (QED) is 0.362. The summed E-state index contributed by atoms with van der Waals surface area (Å²) in [4.78, 5) is 0. The molecule has 0 spiro atoms. The summed E-state index contributed by atoms with van der Waals surface area (Å²) in [5, 5.41) is 35.7. The van der Waals surface area contributed by atoms with E-state index in [1.165, 1.54) is 0 Å². The summed E-state index contributed by atoms with van der Waals surface area (Å²) in [6.45, 7) is -0.376. The van der Waals surface area contributed by atoms with Gasteiger partial charge in [0.15, 0.2) is 0 Å². The normalized spacial score (nSPS) is 49.2. The molecule has 1 aliphatic heterocycles. The van der Waals surface area contributed by atoms with Crippen molar-refractivity contribution in [1.29, 1.82) is 0 Å². The van der Waals surface area contributed by atoms with Crippen molar-refractivity contribution >= 4 is 16.0 Å². The minimum atomic E-state index is -1.26. The van der Waals surface area contributed by atoms with E-state index in [2.05, 4.69) is 0 Å². The Balaban J connectivity index is 2.63. The Bertz CT molecular complexity index is 150. The van der Waals surface area contributed by atoms with Gasteiger partial charge >= 0.3 is 77.2 Å². The third-order valence-electron chi connectivity index (χ3n) is 1.87. The van der Waals surface area contributed by atoms with Gasteiger partial charge in [-0.1, -0.05) is 0 Å². The van der Waals surface area contributed by atoms with Gasteiger partial charge < -0.3 is 0 Å². The van der Waals surface area contributed by atoms with Crippen molar-refractivity contribution in [2.45, 2.75) is 29.4 Å². The molecule has 0 aromatic heterocycles. The molecule has 0 amide bonds. The van der Waals surface area contributed by atoms with Crippen molar-refractivity contribution in [1.82, 2.24) is 0 Å². The first kappa shape index (κ1) is 10.4. The Kier molecular flexibility index (Phi) is 3.48. The molecule has 0 aromatic rings. The fraction of sp³-hybridized carbons (Fsp3) is 1.00. The molecule has 1 saturated heterocycles. The van der Waals surface area contributed by atoms with Crippen molar-refractivity contribution in [3.05, 3.63) is 0 Å². The summed E-state index contributed by atoms with van der Waals surface area (Å²) >= 11 is 2.03. The molecule has 5 nitrogen and oxygen atoms in total. The molecule has 1 rings (SSSR count). The van der Waals surface area contributed by atoms with Gasteiger partial charge in [0.25, 0.3) is 0 Å². The molecule has 12 heavy (non-hydrogen) atoms. The molecule has 1 heterocycles. The van der Waals surface area contributed by atoms with Crippen LogP contribution in [0.4, 0.5) is 0 Å². The summed E-state index contributed by atoms with van der Waals surface area (Å²) in [6, 6.07) is 0. The Labute approximate surface area is 77.8 Å². The zero-order chi connectivity index (χ0) is 9.30. The average Bonchev–Trinajstić information content (AvgIpc) is 2.08. The van der Waals surface area contributed by atoms with Crippen LogP contribution in [0.2, 0.25) is 0 Å². The van der Waals surface area contributed by atoms with Crippen LogP contribution in [0.15, 0.2) is 0 Å². The third kappa shape index (κ3) is 1.80. The summed E-state index contributed by atoms with van der Waals surface area (Å²) in [7, 11) is 0. The first-order chi connectivity index (χ1) is 5.57. The number of aliphatic hydroxyl groups is 4. The van der Waals surface area contributed by atoms with Gasteiger partial charge in [-0.25, -0.2) is 0 Å². The second-order valence-electron chi connectivity index (χ2n) is 2.72. The number of aliphatic hydroxyl groups excluding tert-OH is 4. The fourth-order valence-corrected chi connectivity index (χ4v) is 1.78. The summed E-state index contributed by atoms with van der Waals surface area (Å²) in [5.41, 5.74) is 0. The van der Waals surface area contributed by atoms with E-state index in [9.17, 15) is 15.3 Å². The number of ether oxygens (including phenoxy) is 1. The molecule has 0 aromatic carbocycles. The van der Waals surface area contributed by atoms with Gasteiger partial charge in [0.1, 0.15) is 0 Å². The van der Waals surface area contributed by atoms with Crippen molar-refractivity contribution in [2.24, 2.45) is 0 Å². The minimum absolute atomic E-state index is 0.376. The third-order valence-corrected chi connectivity index (χ3v) is 2.76. The van der Waals surface area contributed by atoms with Crippen LogP contribution in [0.3, 0.4) is 0 Å². The Morgan fingerprint density at radius 2 is 1.67 bits per heavy atom. The van der Waals surface area contributed by atoms with Gasteiger partial charge in [-0.3, -0.25) is 0 Å². The Morgan fingerprint density at radius 1 is 1.08 bits per heavy atom. The van der Waals surface area contributed by atoms with Crippen LogP contribution in [0.1, 0.15) is 0 Å². The number of rotatable bonds is 1. The topological polar surface area (TPSA) is 90.2 Å². The molecule has 6 heteroatoms. The van der Waals surface area contributed by atoms with Gasteiger partial charge in [-0.2, -0.15) is 0 Å². The molecule has 0 bridgehead atoms. The molecular formula is C6H12O5Se. The average molecular weight is 243 g/mol. The first-order valence-corrected chi connectivity index (χ1v) is 4.65. The molecule has 4 N–H and O–H groups in total. The number of hydrogen-bond acceptors (Lipinski definition) is 5. The molecule has 0 radical (unpaired) electrons. The van der Waals surface area contributed by atoms with E-state index in [1.54, 1.807) is 0 Å². The van der Waals surface area contributed by atoms with Gasteiger partial charge in [-0.05, 0) is 0 Å². The fourth-order valence-electron chi connectivity index (χ4n) is 1.08. The van der Waals surface area contributed by atoms with E-state index in [0.29, 0.717) is 0 Å². The SMILES string of the molecule is OC[C@H]1O[C@H]([SeH])[C@@H](O)[C@@H](O)[C@@H]1O. The summed E-state index contributed by atoms with van der Waals surface area (Å²) < 4.78 is 4.99. The monoisotopic (exact) mass is 244 g/mol. The predicted octanol–water partition coefficient (Wildman–Crippen LogP) is -3.31. The zero-order valence-electron chi connectivity index (χ0n) is 6.24. The van der Waals surface area contributed by atoms with E-state index in [1.807, 2.05) is 16.0 Å². The Hall–Kier alpha value is 0.319. The van der Waals surface area contributed by atoms with Gasteiger partial charge in [-0.15, -0.1) is 0 Å². The maximum atomic E-state index is 9.22. The van der Waals surface area contributed by atoms with Crippen LogP contribution in [0.5, 0.6) is 0 Å². The van der Waals surface area contributed by atoms with E-state index in [0.717, 1.165) is 0 Å². The van der Waals surface area contributed by atoms with E-state index >= 15 is 0 Å². The van der Waals surface area contributed by atoms with Crippen molar-refractivity contribution in [2.75, 3.05) is 6.61 Å². The molecule has 0 aliphatic carbocycles. The van der Waals surface area contributed by atoms with Crippen molar-refractivity contribution < 1.29 is 25.2 Å². The van der Waals surface area contributed by atoms with Crippen LogP contribution in [0, 0.1) is 0 Å². The van der Waals surface area contributed by atoms with Crippen LogP contribution in [-0.4, -0.2) is 72.5 Å². The van der Waals surface area contributed by atoms with Crippen LogP contribution in [0.25, 0.3) is 0 Å². The Morgan fingerprint density at radius 3 is 2.17 bits per heavy atom. The van der Waals surface area contributed by atoms with E-state index in [-0.39, 0.29) is 6.61 Å². The molecular weight excluding hydrogens is 231 g/mol. The van der Waals surface area contributed by atoms with Crippen molar-refractivity contribution in [3.63, 3.8) is 0 Å².